The van der Waals surface area contributed by atoms with E-state index in [1.807, 2.05) is 6.07 Å². The van der Waals surface area contributed by atoms with Crippen molar-refractivity contribution in [3.63, 3.8) is 0 Å². The molecule has 1 aromatic rings. The zero-order valence-corrected chi connectivity index (χ0v) is 10.8. The quantitative estimate of drug-likeness (QED) is 0.859. The predicted molar refractivity (Wildman–Crippen MR) is 63.4 cm³/mol. The Bertz CT molecular complexity index is 324. The summed E-state index contributed by atoms with van der Waals surface area (Å²) < 4.78 is 7.81. The molecule has 0 saturated carbocycles. The molecule has 1 N–H and O–H groups in total. The molecule has 1 heterocycles. The molecular formula is C10H11Br2NO. The third-order valence-corrected chi connectivity index (χ3v) is 4.12. The molecule has 1 aliphatic rings. The van der Waals surface area contributed by atoms with E-state index in [9.17, 15) is 0 Å². The average Bonchev–Trinajstić information content (AvgIpc) is 2.23. The zero-order valence-electron chi connectivity index (χ0n) is 7.59. The van der Waals surface area contributed by atoms with Crippen molar-refractivity contribution in [2.75, 3.05) is 19.7 Å². The molecule has 14 heavy (non-hydrogen) atoms. The van der Waals surface area contributed by atoms with Gasteiger partial charge in [0.1, 0.15) is 0 Å². The fraction of sp³-hybridized carbons (Fsp3) is 0.400. The van der Waals surface area contributed by atoms with Crippen molar-refractivity contribution in [1.82, 2.24) is 5.32 Å². The van der Waals surface area contributed by atoms with E-state index in [4.69, 9.17) is 4.74 Å². The molecule has 0 aromatic heterocycles. The minimum atomic E-state index is 0.188. The van der Waals surface area contributed by atoms with Gasteiger partial charge in [0.05, 0.1) is 12.7 Å². The van der Waals surface area contributed by atoms with Gasteiger partial charge in [-0.3, -0.25) is 0 Å². The Morgan fingerprint density at radius 1 is 1.29 bits per heavy atom. The monoisotopic (exact) mass is 319 g/mol. The summed E-state index contributed by atoms with van der Waals surface area (Å²) >= 11 is 6.94. The van der Waals surface area contributed by atoms with Crippen LogP contribution in [0.1, 0.15) is 11.7 Å². The molecule has 1 atom stereocenters. The SMILES string of the molecule is Brc1ccc(C2CNCCO2)cc1Br. The molecule has 1 aliphatic heterocycles. The van der Waals surface area contributed by atoms with Gasteiger partial charge in [-0.25, -0.2) is 0 Å². The Morgan fingerprint density at radius 2 is 2.14 bits per heavy atom. The number of rotatable bonds is 1. The third kappa shape index (κ3) is 2.37. The van der Waals surface area contributed by atoms with Gasteiger partial charge in [0.15, 0.2) is 0 Å². The van der Waals surface area contributed by atoms with Gasteiger partial charge in [-0.1, -0.05) is 6.07 Å². The first-order chi connectivity index (χ1) is 6.77. The number of nitrogens with one attached hydrogen (secondary N) is 1. The van der Waals surface area contributed by atoms with Gasteiger partial charge >= 0.3 is 0 Å². The first-order valence-corrected chi connectivity index (χ1v) is 6.13. The highest BCUT2D eigenvalue weighted by atomic mass is 79.9. The van der Waals surface area contributed by atoms with Crippen LogP contribution in [0.3, 0.4) is 0 Å². The maximum absolute atomic E-state index is 5.66. The second-order valence-corrected chi connectivity index (χ2v) is 4.95. The highest BCUT2D eigenvalue weighted by Gasteiger charge is 2.15. The summed E-state index contributed by atoms with van der Waals surface area (Å²) in [6, 6.07) is 6.23. The van der Waals surface area contributed by atoms with Gasteiger partial charge in [0.25, 0.3) is 0 Å². The van der Waals surface area contributed by atoms with Crippen LogP contribution in [0, 0.1) is 0 Å². The van der Waals surface area contributed by atoms with E-state index < -0.39 is 0 Å². The third-order valence-electron chi connectivity index (χ3n) is 2.24. The normalized spacial score (nSPS) is 22.3. The number of benzene rings is 1. The molecule has 0 amide bonds. The van der Waals surface area contributed by atoms with Crippen LogP contribution in [0.15, 0.2) is 27.1 Å². The van der Waals surface area contributed by atoms with Crippen LogP contribution < -0.4 is 5.32 Å². The number of ether oxygens (including phenoxy) is 1. The van der Waals surface area contributed by atoms with Crippen LogP contribution >= 0.6 is 31.9 Å². The Kier molecular flexibility index (Phi) is 3.60. The van der Waals surface area contributed by atoms with E-state index in [0.717, 1.165) is 28.6 Å². The van der Waals surface area contributed by atoms with Crippen LogP contribution in [0.25, 0.3) is 0 Å². The summed E-state index contributed by atoms with van der Waals surface area (Å²) in [6.07, 6.45) is 0.188. The lowest BCUT2D eigenvalue weighted by atomic mass is 10.1. The molecule has 0 radical (unpaired) electrons. The summed E-state index contributed by atoms with van der Waals surface area (Å²) in [7, 11) is 0. The maximum Gasteiger partial charge on any atom is 0.0950 e. The van der Waals surface area contributed by atoms with Crippen molar-refractivity contribution >= 4 is 31.9 Å². The van der Waals surface area contributed by atoms with Crippen LogP contribution in [0.4, 0.5) is 0 Å². The summed E-state index contributed by atoms with van der Waals surface area (Å²) in [5.74, 6) is 0. The molecule has 0 aliphatic carbocycles. The Labute approximate surface area is 100 Å². The second kappa shape index (κ2) is 4.75. The summed E-state index contributed by atoms with van der Waals surface area (Å²) in [4.78, 5) is 0. The molecule has 1 saturated heterocycles. The van der Waals surface area contributed by atoms with Crippen molar-refractivity contribution in [3.05, 3.63) is 32.7 Å². The van der Waals surface area contributed by atoms with Crippen LogP contribution in [-0.4, -0.2) is 19.7 Å². The molecule has 76 valence electrons. The van der Waals surface area contributed by atoms with Gasteiger partial charge in [-0.15, -0.1) is 0 Å². The summed E-state index contributed by atoms with van der Waals surface area (Å²) in [5.41, 5.74) is 1.22. The lowest BCUT2D eigenvalue weighted by Crippen LogP contribution is -2.33. The van der Waals surface area contributed by atoms with Gasteiger partial charge in [-0.2, -0.15) is 0 Å². The van der Waals surface area contributed by atoms with Crippen molar-refractivity contribution in [1.29, 1.82) is 0 Å². The standard InChI is InChI=1S/C10H11Br2NO/c11-8-2-1-7(5-9(8)12)10-6-13-3-4-14-10/h1-2,5,10,13H,3-4,6H2. The predicted octanol–water partition coefficient (Wildman–Crippen LogP) is 2.87. The number of halogens is 2. The van der Waals surface area contributed by atoms with E-state index in [2.05, 4.69) is 49.3 Å². The Hall–Kier alpha value is 0.1000. The van der Waals surface area contributed by atoms with E-state index >= 15 is 0 Å². The van der Waals surface area contributed by atoms with Gasteiger partial charge in [0.2, 0.25) is 0 Å². The average molecular weight is 321 g/mol. The molecule has 2 nitrogen and oxygen atoms in total. The zero-order chi connectivity index (χ0) is 9.97. The lowest BCUT2D eigenvalue weighted by molar-refractivity contribution is 0.0276. The first-order valence-electron chi connectivity index (χ1n) is 4.54. The second-order valence-electron chi connectivity index (χ2n) is 3.24. The number of hydrogen-bond acceptors (Lipinski definition) is 2. The molecule has 0 bridgehead atoms. The fourth-order valence-corrected chi connectivity index (χ4v) is 2.14. The minimum absolute atomic E-state index is 0.188. The van der Waals surface area contributed by atoms with Gasteiger partial charge in [0, 0.05) is 22.0 Å². The minimum Gasteiger partial charge on any atom is -0.371 e. The Balaban J connectivity index is 2.18. The highest BCUT2D eigenvalue weighted by molar-refractivity contribution is 9.13. The van der Waals surface area contributed by atoms with E-state index in [1.54, 1.807) is 0 Å². The van der Waals surface area contributed by atoms with E-state index in [0.29, 0.717) is 0 Å². The van der Waals surface area contributed by atoms with Crippen molar-refractivity contribution in [3.8, 4) is 0 Å². The molecule has 2 rings (SSSR count). The van der Waals surface area contributed by atoms with Crippen molar-refractivity contribution in [2.45, 2.75) is 6.10 Å². The maximum atomic E-state index is 5.66. The molecule has 1 aromatic carbocycles. The van der Waals surface area contributed by atoms with Gasteiger partial charge in [-0.05, 0) is 49.6 Å². The first kappa shape index (κ1) is 10.6. The smallest absolute Gasteiger partial charge is 0.0950 e. The molecule has 4 heteroatoms. The molecule has 1 unspecified atom stereocenters. The number of morpholine rings is 1. The highest BCUT2D eigenvalue weighted by Crippen LogP contribution is 2.28. The van der Waals surface area contributed by atoms with E-state index in [-0.39, 0.29) is 6.10 Å². The van der Waals surface area contributed by atoms with Crippen LogP contribution in [0.2, 0.25) is 0 Å². The van der Waals surface area contributed by atoms with E-state index in [1.165, 1.54) is 5.56 Å². The molecular weight excluding hydrogens is 310 g/mol. The summed E-state index contributed by atoms with van der Waals surface area (Å²) in [6.45, 7) is 2.64. The summed E-state index contributed by atoms with van der Waals surface area (Å²) in [5, 5.41) is 3.32. The van der Waals surface area contributed by atoms with Crippen molar-refractivity contribution < 1.29 is 4.74 Å². The molecule has 1 fully saturated rings. The molecule has 0 spiro atoms. The largest absolute Gasteiger partial charge is 0.371 e. The van der Waals surface area contributed by atoms with Crippen LogP contribution in [0.5, 0.6) is 0 Å². The number of hydrogen-bond donors (Lipinski definition) is 1. The Morgan fingerprint density at radius 3 is 2.79 bits per heavy atom. The fourth-order valence-electron chi connectivity index (χ4n) is 1.49. The topological polar surface area (TPSA) is 21.3 Å². The van der Waals surface area contributed by atoms with Crippen molar-refractivity contribution in [2.24, 2.45) is 0 Å². The van der Waals surface area contributed by atoms with Gasteiger partial charge < -0.3 is 10.1 Å². The van der Waals surface area contributed by atoms with Crippen LogP contribution in [-0.2, 0) is 4.74 Å². The lowest BCUT2D eigenvalue weighted by Gasteiger charge is -2.24.